The number of hydrogen-bond donors (Lipinski definition) is 0. The molecule has 0 unspecified atom stereocenters. The van der Waals surface area contributed by atoms with E-state index in [9.17, 15) is 9.59 Å². The quantitative estimate of drug-likeness (QED) is 0.112. The number of fused-ring (bicyclic) bond motifs is 9. The van der Waals surface area contributed by atoms with Crippen LogP contribution < -0.4 is 0 Å². The van der Waals surface area contributed by atoms with Crippen molar-refractivity contribution in [1.29, 1.82) is 0 Å². The molecule has 6 aromatic heterocycles. The molecule has 36 heavy (non-hydrogen) atoms. The number of aromatic nitrogens is 2. The van der Waals surface area contributed by atoms with Crippen molar-refractivity contribution in [3.63, 3.8) is 0 Å². The maximum Gasteiger partial charge on any atom is 0.160 e. The molecule has 0 radical (unpaired) electrons. The first-order valence-corrected chi connectivity index (χ1v) is 16.3. The number of thiophene rings is 4. The second-order valence-corrected chi connectivity index (χ2v) is 13.8. The van der Waals surface area contributed by atoms with Gasteiger partial charge in [-0.2, -0.15) is 0 Å². The van der Waals surface area contributed by atoms with Gasteiger partial charge in [-0.1, -0.05) is 52.4 Å². The summed E-state index contributed by atoms with van der Waals surface area (Å²) in [6.45, 7) is 6.48. The minimum absolute atomic E-state index is 0.812. The summed E-state index contributed by atoms with van der Waals surface area (Å²) in [5.41, 5.74) is 5.13. The summed E-state index contributed by atoms with van der Waals surface area (Å²) in [5.74, 6) is 0. The highest BCUT2D eigenvalue weighted by molar-refractivity contribution is 7.40. The van der Waals surface area contributed by atoms with Gasteiger partial charge in [0.1, 0.15) is 0 Å². The number of carbonyl (C=O) groups is 2. The van der Waals surface area contributed by atoms with Crippen LogP contribution in [0.15, 0.2) is 12.1 Å². The maximum absolute atomic E-state index is 11.6. The van der Waals surface area contributed by atoms with Crippen LogP contribution in [0.1, 0.15) is 84.6 Å². The van der Waals surface area contributed by atoms with Crippen LogP contribution in [-0.4, -0.2) is 21.7 Å². The lowest BCUT2D eigenvalue weighted by molar-refractivity contribution is 0.111. The Balaban J connectivity index is 1.58. The summed E-state index contributed by atoms with van der Waals surface area (Å²) < 4.78 is 12.9. The van der Waals surface area contributed by atoms with Crippen molar-refractivity contribution < 1.29 is 9.59 Å². The molecule has 188 valence electrons. The molecule has 0 atom stereocenters. The lowest BCUT2D eigenvalue weighted by Crippen LogP contribution is -1.97. The van der Waals surface area contributed by atoms with Gasteiger partial charge in [0, 0.05) is 13.1 Å². The molecule has 0 aromatic carbocycles. The van der Waals surface area contributed by atoms with Crippen molar-refractivity contribution in [1.82, 2.24) is 9.13 Å². The Kier molecular flexibility index (Phi) is 6.79. The van der Waals surface area contributed by atoms with Crippen LogP contribution in [0.3, 0.4) is 0 Å². The Morgan fingerprint density at radius 3 is 1.39 bits per heavy atom. The van der Waals surface area contributed by atoms with E-state index in [1.54, 1.807) is 22.7 Å². The molecule has 0 fully saturated rings. The van der Waals surface area contributed by atoms with Crippen LogP contribution in [0.5, 0.6) is 0 Å². The van der Waals surface area contributed by atoms with E-state index >= 15 is 0 Å². The first-order chi connectivity index (χ1) is 17.7. The number of aldehydes is 2. The smallest absolute Gasteiger partial charge is 0.160 e. The molecule has 0 amide bonds. The van der Waals surface area contributed by atoms with Gasteiger partial charge in [0.15, 0.2) is 12.6 Å². The van der Waals surface area contributed by atoms with Gasteiger partial charge >= 0.3 is 0 Å². The molecular formula is C28H30N2O2S4. The number of carbonyl (C=O) groups excluding carboxylic acids is 2. The van der Waals surface area contributed by atoms with E-state index in [0.29, 0.717) is 0 Å². The largest absolute Gasteiger partial charge is 0.338 e. The molecule has 6 aromatic rings. The van der Waals surface area contributed by atoms with E-state index in [0.717, 1.165) is 48.3 Å². The van der Waals surface area contributed by atoms with Crippen LogP contribution in [0.25, 0.3) is 50.3 Å². The fraction of sp³-hybridized carbons (Fsp3) is 0.429. The normalized spacial score (nSPS) is 12.4. The van der Waals surface area contributed by atoms with Gasteiger partial charge in [0.2, 0.25) is 0 Å². The highest BCUT2D eigenvalue weighted by atomic mass is 32.1. The van der Waals surface area contributed by atoms with E-state index in [1.165, 1.54) is 88.8 Å². The van der Waals surface area contributed by atoms with Crippen molar-refractivity contribution in [2.75, 3.05) is 0 Å². The molecule has 0 spiro atoms. The molecule has 0 aliphatic heterocycles. The maximum atomic E-state index is 11.6. The monoisotopic (exact) mass is 554 g/mol. The Hall–Kier alpha value is -2.00. The van der Waals surface area contributed by atoms with Gasteiger partial charge in [-0.25, -0.2) is 0 Å². The van der Waals surface area contributed by atoms with Gasteiger partial charge < -0.3 is 9.13 Å². The lowest BCUT2D eigenvalue weighted by Gasteiger charge is -2.06. The molecule has 6 rings (SSSR count). The highest BCUT2D eigenvalue weighted by Gasteiger charge is 2.26. The first-order valence-electron chi connectivity index (χ1n) is 13.0. The zero-order chi connectivity index (χ0) is 24.8. The van der Waals surface area contributed by atoms with Crippen molar-refractivity contribution >= 4 is 108 Å². The summed E-state index contributed by atoms with van der Waals surface area (Å²) in [5, 5.41) is 0. The summed E-state index contributed by atoms with van der Waals surface area (Å²) >= 11 is 7.07. The first kappa shape index (κ1) is 24.3. The predicted molar refractivity (Wildman–Crippen MR) is 161 cm³/mol. The number of rotatable bonds is 12. The van der Waals surface area contributed by atoms with Crippen LogP contribution >= 0.6 is 45.3 Å². The molecule has 8 heteroatoms. The van der Waals surface area contributed by atoms with Gasteiger partial charge in [-0.05, 0) is 25.0 Å². The zero-order valence-corrected chi connectivity index (χ0v) is 24.0. The SMILES string of the molecule is CCCCCCn1c2cc(C=O)sc2c2sc3c(sc4c5sc(C=O)cc5n(CCCCCC)c43)c21. The van der Waals surface area contributed by atoms with Crippen molar-refractivity contribution in [2.24, 2.45) is 0 Å². The second-order valence-electron chi connectivity index (χ2n) is 9.60. The van der Waals surface area contributed by atoms with Crippen LogP contribution in [0.2, 0.25) is 0 Å². The third-order valence-corrected chi connectivity index (χ3v) is 12.1. The van der Waals surface area contributed by atoms with Crippen LogP contribution in [-0.2, 0) is 13.1 Å². The number of nitrogens with zero attached hydrogens (tertiary/aromatic N) is 2. The fourth-order valence-electron chi connectivity index (χ4n) is 5.45. The number of hydrogen-bond acceptors (Lipinski definition) is 6. The van der Waals surface area contributed by atoms with Gasteiger partial charge in [0.05, 0.1) is 60.0 Å². The van der Waals surface area contributed by atoms with E-state index in [2.05, 4.69) is 35.1 Å². The molecule has 0 N–H and O–H groups in total. The predicted octanol–water partition coefficient (Wildman–Crippen LogP) is 10.1. The minimum atomic E-state index is 0.812. The van der Waals surface area contributed by atoms with E-state index in [1.807, 2.05) is 22.7 Å². The third-order valence-electron chi connectivity index (χ3n) is 7.17. The molecule has 4 nitrogen and oxygen atoms in total. The van der Waals surface area contributed by atoms with Crippen molar-refractivity contribution in [2.45, 2.75) is 78.3 Å². The second kappa shape index (κ2) is 10.0. The molecule has 0 bridgehead atoms. The van der Waals surface area contributed by atoms with Crippen molar-refractivity contribution in [3.8, 4) is 0 Å². The molecule has 0 saturated heterocycles. The van der Waals surface area contributed by atoms with E-state index < -0.39 is 0 Å². The Morgan fingerprint density at radius 2 is 1.00 bits per heavy atom. The summed E-state index contributed by atoms with van der Waals surface area (Å²) in [6, 6.07) is 4.17. The fourth-order valence-corrected chi connectivity index (χ4v) is 10.6. The molecule has 6 heterocycles. The van der Waals surface area contributed by atoms with E-state index in [4.69, 9.17) is 0 Å². The summed E-state index contributed by atoms with van der Waals surface area (Å²) in [6.07, 6.45) is 11.7. The third kappa shape index (κ3) is 3.80. The Bertz CT molecular complexity index is 1590. The van der Waals surface area contributed by atoms with Gasteiger partial charge in [-0.15, -0.1) is 45.3 Å². The standard InChI is InChI=1S/C28H30N2O2S4/c1-3-5-7-9-11-29-19-13-17(15-31)33-23(19)25-21(29)27-28(35-25)22-26(36-27)24-20(14-18(16-32)34-24)30(22)12-10-8-6-4-2/h13-16H,3-12H2,1-2H3. The topological polar surface area (TPSA) is 44.0 Å². The molecule has 0 saturated carbocycles. The lowest BCUT2D eigenvalue weighted by atomic mass is 10.2. The molecule has 0 aliphatic rings. The molecular weight excluding hydrogens is 525 g/mol. The van der Waals surface area contributed by atoms with Gasteiger partial charge in [-0.3, -0.25) is 9.59 Å². The Labute approximate surface area is 226 Å². The van der Waals surface area contributed by atoms with Crippen LogP contribution in [0, 0.1) is 0 Å². The Morgan fingerprint density at radius 1 is 0.583 bits per heavy atom. The minimum Gasteiger partial charge on any atom is -0.338 e. The summed E-state index contributed by atoms with van der Waals surface area (Å²) in [7, 11) is 0. The summed E-state index contributed by atoms with van der Waals surface area (Å²) in [4.78, 5) is 24.8. The highest BCUT2D eigenvalue weighted by Crippen LogP contribution is 2.52. The number of aryl methyl sites for hydroxylation is 2. The number of unbranched alkanes of at least 4 members (excludes halogenated alkanes) is 6. The van der Waals surface area contributed by atoms with Gasteiger partial charge in [0.25, 0.3) is 0 Å². The van der Waals surface area contributed by atoms with E-state index in [-0.39, 0.29) is 0 Å². The average molecular weight is 555 g/mol. The van der Waals surface area contributed by atoms with Crippen molar-refractivity contribution in [3.05, 3.63) is 21.9 Å². The zero-order valence-electron chi connectivity index (χ0n) is 20.7. The van der Waals surface area contributed by atoms with Crippen LogP contribution in [0.4, 0.5) is 0 Å². The molecule has 0 aliphatic carbocycles. The average Bonchev–Trinajstić information content (AvgIpc) is 3.68.